The molecule has 198 valence electrons. The Morgan fingerprint density at radius 3 is 2.68 bits per heavy atom. The number of nitrogens with zero attached hydrogens (tertiary/aromatic N) is 4. The first-order valence-corrected chi connectivity index (χ1v) is 10.5. The molecule has 37 heavy (non-hydrogen) atoms. The smallest absolute Gasteiger partial charge is 0.465 e. The number of hydrogen-bond donors (Lipinski definition) is 3. The summed E-state index contributed by atoms with van der Waals surface area (Å²) < 4.78 is 71.1. The molecular formula is C21H19F5N6O5. The third kappa shape index (κ3) is 8.01. The third-order valence-corrected chi connectivity index (χ3v) is 4.77. The van der Waals surface area contributed by atoms with Crippen molar-refractivity contribution in [3.63, 3.8) is 0 Å². The van der Waals surface area contributed by atoms with Crippen molar-refractivity contribution >= 4 is 17.7 Å². The first kappa shape index (κ1) is 27.1. The minimum atomic E-state index is -4.86. The van der Waals surface area contributed by atoms with E-state index in [0.717, 1.165) is 39.8 Å². The van der Waals surface area contributed by atoms with Crippen molar-refractivity contribution in [2.24, 2.45) is 0 Å². The van der Waals surface area contributed by atoms with Crippen LogP contribution in [0.25, 0.3) is 0 Å². The second kappa shape index (κ2) is 11.5. The zero-order chi connectivity index (χ0) is 27.2. The van der Waals surface area contributed by atoms with Crippen molar-refractivity contribution in [1.82, 2.24) is 24.9 Å². The number of aryl methyl sites for hydroxylation is 1. The third-order valence-electron chi connectivity index (χ3n) is 4.77. The first-order chi connectivity index (χ1) is 17.4. The lowest BCUT2D eigenvalue weighted by atomic mass is 10.2. The second-order valence-corrected chi connectivity index (χ2v) is 7.56. The summed E-state index contributed by atoms with van der Waals surface area (Å²) in [4.78, 5) is 34.8. The minimum absolute atomic E-state index is 0.140. The number of anilines is 1. The second-order valence-electron chi connectivity index (χ2n) is 7.56. The van der Waals surface area contributed by atoms with E-state index in [9.17, 15) is 36.3 Å². The Bertz CT molecular complexity index is 1330. The number of carbonyl (C=O) groups is 2. The molecule has 0 bridgehead atoms. The van der Waals surface area contributed by atoms with Crippen LogP contribution in [0.1, 0.15) is 22.5 Å². The Kier molecular flexibility index (Phi) is 8.41. The number of amides is 2. The number of benzene rings is 1. The number of aromatic nitrogens is 4. The molecule has 0 saturated heterocycles. The number of rotatable bonds is 10. The largest absolute Gasteiger partial charge is 0.573 e. The highest BCUT2D eigenvalue weighted by Crippen LogP contribution is 2.23. The van der Waals surface area contributed by atoms with Crippen LogP contribution in [0.2, 0.25) is 0 Å². The average Bonchev–Trinajstić information content (AvgIpc) is 3.27. The summed E-state index contributed by atoms with van der Waals surface area (Å²) in [6.07, 6.45) is -5.94. The van der Waals surface area contributed by atoms with Crippen molar-refractivity contribution in [2.45, 2.75) is 38.6 Å². The summed E-state index contributed by atoms with van der Waals surface area (Å²) in [6, 6.07) is 6.04. The molecule has 3 N–H and O–H groups in total. The van der Waals surface area contributed by atoms with Gasteiger partial charge in [0, 0.05) is 19.3 Å². The highest BCUT2D eigenvalue weighted by atomic mass is 19.4. The summed E-state index contributed by atoms with van der Waals surface area (Å²) in [5, 5.41) is 20.1. The van der Waals surface area contributed by atoms with Crippen LogP contribution in [0.15, 0.2) is 47.5 Å². The zero-order valence-electron chi connectivity index (χ0n) is 18.7. The van der Waals surface area contributed by atoms with Crippen LogP contribution in [0, 0.1) is 5.82 Å². The van der Waals surface area contributed by atoms with Gasteiger partial charge in [0.15, 0.2) is 5.69 Å². The van der Waals surface area contributed by atoms with E-state index in [0.29, 0.717) is 5.56 Å². The van der Waals surface area contributed by atoms with Crippen molar-refractivity contribution in [3.05, 3.63) is 70.2 Å². The molecule has 1 unspecified atom stereocenters. The van der Waals surface area contributed by atoms with Gasteiger partial charge in [-0.15, -0.1) is 18.3 Å². The number of carbonyl (C=O) groups excluding carboxylic acids is 1. The molecule has 0 aliphatic carbocycles. The van der Waals surface area contributed by atoms with Gasteiger partial charge < -0.3 is 19.7 Å². The molecule has 11 nitrogen and oxygen atoms in total. The summed E-state index contributed by atoms with van der Waals surface area (Å²) in [5.74, 6) is -2.48. The average molecular weight is 530 g/mol. The quantitative estimate of drug-likeness (QED) is 0.343. The summed E-state index contributed by atoms with van der Waals surface area (Å²) >= 11 is 0. The maximum atomic E-state index is 14.4. The van der Waals surface area contributed by atoms with Crippen molar-refractivity contribution in [2.75, 3.05) is 5.32 Å². The number of carboxylic acid groups (broad SMARTS) is 1. The molecule has 0 radical (unpaired) electrons. The molecule has 3 aromatic rings. The number of ether oxygens (including phenoxy) is 1. The van der Waals surface area contributed by atoms with Gasteiger partial charge in [-0.25, -0.2) is 13.9 Å². The van der Waals surface area contributed by atoms with Crippen molar-refractivity contribution < 1.29 is 41.4 Å². The number of nitrogens with one attached hydrogen (secondary N) is 2. The Hall–Kier alpha value is -4.50. The summed E-state index contributed by atoms with van der Waals surface area (Å²) in [6.45, 7) is -0.699. The lowest BCUT2D eigenvalue weighted by Crippen LogP contribution is -2.26. The predicted octanol–water partition coefficient (Wildman–Crippen LogP) is 2.93. The lowest BCUT2D eigenvalue weighted by molar-refractivity contribution is -0.274. The van der Waals surface area contributed by atoms with E-state index in [4.69, 9.17) is 5.11 Å². The van der Waals surface area contributed by atoms with E-state index in [1.807, 2.05) is 0 Å². The molecule has 16 heteroatoms. The molecule has 0 fully saturated rings. The van der Waals surface area contributed by atoms with E-state index < -0.39 is 47.3 Å². The fourth-order valence-electron chi connectivity index (χ4n) is 3.13. The monoisotopic (exact) mass is 530 g/mol. The molecule has 0 aliphatic rings. The van der Waals surface area contributed by atoms with Gasteiger partial charge in [-0.3, -0.25) is 14.9 Å². The van der Waals surface area contributed by atoms with Gasteiger partial charge in [0.25, 0.3) is 11.5 Å². The Morgan fingerprint density at radius 1 is 1.22 bits per heavy atom. The van der Waals surface area contributed by atoms with Crippen LogP contribution in [-0.2, 0) is 19.6 Å². The van der Waals surface area contributed by atoms with E-state index in [-0.39, 0.29) is 31.7 Å². The molecular weight excluding hydrogens is 511 g/mol. The molecule has 2 heterocycles. The molecule has 2 amide bonds. The number of alkyl halides is 4. The van der Waals surface area contributed by atoms with Crippen LogP contribution < -0.4 is 20.9 Å². The molecule has 2 aromatic heterocycles. The van der Waals surface area contributed by atoms with Crippen molar-refractivity contribution in [3.8, 4) is 5.75 Å². The first-order valence-electron chi connectivity index (χ1n) is 10.5. The lowest BCUT2D eigenvalue weighted by Gasteiger charge is -2.11. The van der Waals surface area contributed by atoms with Gasteiger partial charge in [-0.2, -0.15) is 4.39 Å². The van der Waals surface area contributed by atoms with Gasteiger partial charge in [0.05, 0.1) is 18.4 Å². The Labute approximate surface area is 204 Å². The van der Waals surface area contributed by atoms with Crippen LogP contribution in [0.3, 0.4) is 0 Å². The number of pyridine rings is 1. The highest BCUT2D eigenvalue weighted by molar-refractivity contribution is 5.91. The minimum Gasteiger partial charge on any atom is -0.465 e. The van der Waals surface area contributed by atoms with Gasteiger partial charge >= 0.3 is 12.5 Å². The molecule has 1 aromatic carbocycles. The summed E-state index contributed by atoms with van der Waals surface area (Å²) in [5.41, 5.74) is -1.51. The number of hydrogen-bond acceptors (Lipinski definition) is 6. The molecule has 0 aliphatic heterocycles. The van der Waals surface area contributed by atoms with Crippen LogP contribution in [-0.4, -0.2) is 49.2 Å². The van der Waals surface area contributed by atoms with Gasteiger partial charge in [0.1, 0.15) is 11.9 Å². The maximum Gasteiger partial charge on any atom is 0.573 e. The van der Waals surface area contributed by atoms with E-state index in [2.05, 4.69) is 20.4 Å². The fourth-order valence-corrected chi connectivity index (χ4v) is 3.13. The van der Waals surface area contributed by atoms with E-state index in [1.165, 1.54) is 12.1 Å². The highest BCUT2D eigenvalue weighted by Gasteiger charge is 2.31. The van der Waals surface area contributed by atoms with Gasteiger partial charge in [-0.1, -0.05) is 17.3 Å². The fraction of sp³-hybridized carbons (Fsp3) is 0.286. The van der Waals surface area contributed by atoms with Gasteiger partial charge in [0.2, 0.25) is 5.82 Å². The molecule has 3 rings (SSSR count). The molecule has 1 atom stereocenters. The molecule has 0 spiro atoms. The Balaban J connectivity index is 1.51. The van der Waals surface area contributed by atoms with Crippen LogP contribution in [0.4, 0.5) is 32.4 Å². The zero-order valence-corrected chi connectivity index (χ0v) is 18.7. The molecule has 0 saturated carbocycles. The Morgan fingerprint density at radius 2 is 1.97 bits per heavy atom. The van der Waals surface area contributed by atoms with Crippen molar-refractivity contribution in [1.29, 1.82) is 0 Å². The topological polar surface area (TPSA) is 140 Å². The van der Waals surface area contributed by atoms with Gasteiger partial charge in [-0.05, 0) is 30.2 Å². The normalized spacial score (nSPS) is 12.1. The van der Waals surface area contributed by atoms with E-state index >= 15 is 0 Å². The predicted molar refractivity (Wildman–Crippen MR) is 116 cm³/mol. The SMILES string of the molecule is O=C(O)Nc1ccn(CCC(F)Cn2cc(C(=O)NCc3cccc(OC(F)(F)F)c3)nn2)c(=O)c1F. The van der Waals surface area contributed by atoms with Crippen LogP contribution in [0.5, 0.6) is 5.75 Å². The van der Waals surface area contributed by atoms with E-state index in [1.54, 1.807) is 5.32 Å². The standard InChI is InChI=1S/C21H19F5N6O5/c22-13(4-6-31-7-5-15(28-20(35)36)17(23)19(31)34)10-32-11-16(29-30-32)18(33)27-9-12-2-1-3-14(8-12)37-21(24,25)26/h1-3,5,7-8,11,13,28H,4,6,9-10H2,(H,27,33)(H,35,36). The van der Waals surface area contributed by atoms with Crippen LogP contribution >= 0.6 is 0 Å². The maximum absolute atomic E-state index is 14.4. The number of halogens is 5. The summed E-state index contributed by atoms with van der Waals surface area (Å²) in [7, 11) is 0.